The van der Waals surface area contributed by atoms with E-state index in [4.69, 9.17) is 14.9 Å². The number of carbonyl (C=O) groups is 1. The number of pyridine rings is 1. The van der Waals surface area contributed by atoms with Gasteiger partial charge in [0.25, 0.3) is 0 Å². The number of hydrogen-bond acceptors (Lipinski definition) is 6. The largest absolute Gasteiger partial charge is 0.494 e. The lowest BCUT2D eigenvalue weighted by molar-refractivity contribution is 0.111. The number of carbonyl (C=O) groups excluding carboxylic acids is 1. The predicted molar refractivity (Wildman–Crippen MR) is 113 cm³/mol. The minimum atomic E-state index is -0.549. The molecule has 0 aliphatic carbocycles. The summed E-state index contributed by atoms with van der Waals surface area (Å²) in [5, 5.41) is 16.5. The molecular weight excluding hydrogens is 389 g/mol. The lowest BCUT2D eigenvalue weighted by atomic mass is 10.1. The highest BCUT2D eigenvalue weighted by Crippen LogP contribution is 2.25. The molecule has 9 heteroatoms. The van der Waals surface area contributed by atoms with Gasteiger partial charge < -0.3 is 25.5 Å². The molecule has 30 heavy (non-hydrogen) atoms. The molecule has 3 rings (SSSR count). The van der Waals surface area contributed by atoms with Crippen LogP contribution in [0.3, 0.4) is 0 Å². The van der Waals surface area contributed by atoms with Gasteiger partial charge in [-0.05, 0) is 43.5 Å². The fourth-order valence-corrected chi connectivity index (χ4v) is 3.33. The van der Waals surface area contributed by atoms with Crippen molar-refractivity contribution in [3.05, 3.63) is 46.9 Å². The zero-order valence-corrected chi connectivity index (χ0v) is 17.0. The fourth-order valence-electron chi connectivity index (χ4n) is 3.33. The Balaban J connectivity index is 1.88. The molecule has 2 bridgehead atoms. The van der Waals surface area contributed by atoms with E-state index in [2.05, 4.69) is 20.9 Å². The van der Waals surface area contributed by atoms with Crippen molar-refractivity contribution in [2.24, 2.45) is 0 Å². The van der Waals surface area contributed by atoms with Gasteiger partial charge in [0.05, 0.1) is 31.1 Å². The maximum atomic E-state index is 14.1. The number of hydrogen-bond donors (Lipinski definition) is 4. The highest BCUT2D eigenvalue weighted by atomic mass is 19.1. The van der Waals surface area contributed by atoms with E-state index < -0.39 is 17.9 Å². The summed E-state index contributed by atoms with van der Waals surface area (Å²) in [6.07, 6.45) is 2.57. The summed E-state index contributed by atoms with van der Waals surface area (Å²) < 4.78 is 24.9. The van der Waals surface area contributed by atoms with E-state index in [0.717, 1.165) is 11.4 Å². The van der Waals surface area contributed by atoms with Gasteiger partial charge in [0.2, 0.25) is 0 Å². The van der Waals surface area contributed by atoms with Gasteiger partial charge in [-0.3, -0.25) is 5.32 Å². The normalized spacial score (nSPS) is 17.0. The minimum absolute atomic E-state index is 0.133. The summed E-state index contributed by atoms with van der Waals surface area (Å²) in [4.78, 5) is 17.1. The Labute approximate surface area is 174 Å². The Hall–Kier alpha value is -3.20. The molecule has 0 saturated carbocycles. The second-order valence-electron chi connectivity index (χ2n) is 6.82. The second-order valence-corrected chi connectivity index (χ2v) is 6.82. The number of aryl methyl sites for hydroxylation is 1. The molecular formula is C21H26FN5O3. The van der Waals surface area contributed by atoms with Crippen LogP contribution in [0.2, 0.25) is 0 Å². The maximum absolute atomic E-state index is 14.1. The summed E-state index contributed by atoms with van der Waals surface area (Å²) in [6.45, 7) is 3.32. The summed E-state index contributed by atoms with van der Waals surface area (Å²) in [7, 11) is 1.40. The number of ether oxygens (including phenoxy) is 2. The molecule has 0 fully saturated rings. The summed E-state index contributed by atoms with van der Waals surface area (Å²) >= 11 is 0. The van der Waals surface area contributed by atoms with Gasteiger partial charge >= 0.3 is 6.03 Å². The second kappa shape index (κ2) is 10.0. The van der Waals surface area contributed by atoms with Crippen LogP contribution < -0.4 is 20.7 Å². The van der Waals surface area contributed by atoms with Crippen LogP contribution in [0.1, 0.15) is 36.2 Å². The van der Waals surface area contributed by atoms with E-state index in [0.29, 0.717) is 42.9 Å². The van der Waals surface area contributed by atoms with Crippen molar-refractivity contribution in [1.82, 2.24) is 10.3 Å². The smallest absolute Gasteiger partial charge is 0.320 e. The molecule has 4 N–H and O–H groups in total. The molecule has 2 aromatic rings. The van der Waals surface area contributed by atoms with Crippen molar-refractivity contribution >= 4 is 23.8 Å². The predicted octanol–water partition coefficient (Wildman–Crippen LogP) is 3.48. The molecule has 1 aromatic carbocycles. The Morgan fingerprint density at radius 3 is 2.97 bits per heavy atom. The minimum Gasteiger partial charge on any atom is -0.494 e. The first-order chi connectivity index (χ1) is 14.5. The van der Waals surface area contributed by atoms with E-state index in [9.17, 15) is 9.18 Å². The van der Waals surface area contributed by atoms with Crippen molar-refractivity contribution in [1.29, 1.82) is 5.41 Å². The van der Waals surface area contributed by atoms with Crippen molar-refractivity contribution in [2.45, 2.75) is 25.8 Å². The van der Waals surface area contributed by atoms with E-state index >= 15 is 0 Å². The van der Waals surface area contributed by atoms with Crippen LogP contribution in [0, 0.1) is 11.2 Å². The number of fused-ring (bicyclic) bond motifs is 2. The summed E-state index contributed by atoms with van der Waals surface area (Å²) in [5.41, 5.74) is 2.77. The Kier molecular flexibility index (Phi) is 7.18. The van der Waals surface area contributed by atoms with Crippen LogP contribution in [0.25, 0.3) is 0 Å². The number of anilines is 2. The fraction of sp³-hybridized carbons (Fsp3) is 0.381. The molecule has 1 atom stereocenters. The van der Waals surface area contributed by atoms with E-state index in [1.54, 1.807) is 12.1 Å². The summed E-state index contributed by atoms with van der Waals surface area (Å²) in [6, 6.07) is 5.14. The molecule has 1 aliphatic rings. The molecule has 160 valence electrons. The monoisotopic (exact) mass is 415 g/mol. The molecule has 0 saturated heterocycles. The van der Waals surface area contributed by atoms with Crippen LogP contribution in [0.15, 0.2) is 24.3 Å². The zero-order chi connectivity index (χ0) is 21.5. The lowest BCUT2D eigenvalue weighted by Crippen LogP contribution is -2.35. The van der Waals surface area contributed by atoms with E-state index in [1.807, 2.05) is 6.92 Å². The topological polar surface area (TPSA) is 108 Å². The number of nitrogens with zero attached hydrogens (tertiary/aromatic N) is 1. The molecule has 1 aromatic heterocycles. The van der Waals surface area contributed by atoms with Gasteiger partial charge in [0, 0.05) is 24.9 Å². The summed E-state index contributed by atoms with van der Waals surface area (Å²) in [5.74, 6) is -0.0259. The first kappa shape index (κ1) is 21.5. The number of amides is 2. The van der Waals surface area contributed by atoms with E-state index in [1.165, 1.54) is 25.5 Å². The molecule has 2 heterocycles. The third-order valence-electron chi connectivity index (χ3n) is 4.75. The number of nitrogens with one attached hydrogen (secondary N) is 4. The van der Waals surface area contributed by atoms with Crippen LogP contribution in [-0.4, -0.2) is 44.1 Å². The zero-order valence-electron chi connectivity index (χ0n) is 17.0. The third kappa shape index (κ3) is 5.04. The first-order valence-corrected chi connectivity index (χ1v) is 9.82. The van der Waals surface area contributed by atoms with Crippen LogP contribution in [0.5, 0.6) is 5.75 Å². The molecule has 2 amide bonds. The lowest BCUT2D eigenvalue weighted by Gasteiger charge is -2.22. The number of urea groups is 1. The van der Waals surface area contributed by atoms with Gasteiger partial charge in [0.15, 0.2) is 11.6 Å². The average Bonchev–Trinajstić information content (AvgIpc) is 2.73. The maximum Gasteiger partial charge on any atom is 0.320 e. The number of rotatable bonds is 5. The molecule has 0 spiro atoms. The third-order valence-corrected chi connectivity index (χ3v) is 4.75. The van der Waals surface area contributed by atoms with Gasteiger partial charge in [-0.15, -0.1) is 0 Å². The molecule has 8 nitrogen and oxygen atoms in total. The highest BCUT2D eigenvalue weighted by Gasteiger charge is 2.19. The Morgan fingerprint density at radius 2 is 2.27 bits per heavy atom. The average molecular weight is 415 g/mol. The van der Waals surface area contributed by atoms with Crippen molar-refractivity contribution in [2.75, 3.05) is 37.5 Å². The van der Waals surface area contributed by atoms with Gasteiger partial charge in [0.1, 0.15) is 5.82 Å². The van der Waals surface area contributed by atoms with Gasteiger partial charge in [-0.1, -0.05) is 6.07 Å². The van der Waals surface area contributed by atoms with Crippen molar-refractivity contribution < 1.29 is 18.7 Å². The van der Waals surface area contributed by atoms with Crippen LogP contribution in [-0.2, 0) is 11.2 Å². The standard InChI is InChI=1S/C21H26FN5O3/c1-3-24-20-14(11-23)10-19-25-16(20)5-4-8-30-12-17(26-21(28)27-19)13-6-7-18(29-2)15(22)9-13/h6-7,9-11,17,23-24H,3-5,8,12H2,1-2H3,(H2,25,26,27,28)/t17-/m1/s1. The Bertz CT molecular complexity index is 922. The van der Waals surface area contributed by atoms with Crippen LogP contribution in [0.4, 0.5) is 20.7 Å². The van der Waals surface area contributed by atoms with E-state index in [-0.39, 0.29) is 12.4 Å². The quantitative estimate of drug-likeness (QED) is 0.559. The SMILES string of the molecule is CCNc1c(C=N)cc2nc1CCCOC[C@H](c1ccc(OC)c(F)c1)NC(=O)N2. The van der Waals surface area contributed by atoms with Gasteiger partial charge in [-0.2, -0.15) is 0 Å². The molecule has 0 unspecified atom stereocenters. The van der Waals surface area contributed by atoms with Crippen LogP contribution >= 0.6 is 0 Å². The molecule has 0 radical (unpaired) electrons. The van der Waals surface area contributed by atoms with Gasteiger partial charge in [-0.25, -0.2) is 14.2 Å². The number of halogens is 1. The Morgan fingerprint density at radius 1 is 1.43 bits per heavy atom. The number of aromatic nitrogens is 1. The highest BCUT2D eigenvalue weighted by molar-refractivity contribution is 5.92. The number of methoxy groups -OCH3 is 1. The molecule has 1 aliphatic heterocycles. The first-order valence-electron chi connectivity index (χ1n) is 9.82. The number of benzene rings is 1. The van der Waals surface area contributed by atoms with Crippen molar-refractivity contribution in [3.8, 4) is 5.75 Å². The van der Waals surface area contributed by atoms with Crippen molar-refractivity contribution in [3.63, 3.8) is 0 Å².